The summed E-state index contributed by atoms with van der Waals surface area (Å²) in [4.78, 5) is 14.5. The number of hydrogen-bond donors (Lipinski definition) is 3. The second kappa shape index (κ2) is 6.16. The van der Waals surface area contributed by atoms with Crippen LogP contribution in [-0.4, -0.2) is 36.9 Å². The third kappa shape index (κ3) is 3.04. The zero-order chi connectivity index (χ0) is 15.6. The van der Waals surface area contributed by atoms with Crippen LogP contribution in [0.3, 0.4) is 0 Å². The van der Waals surface area contributed by atoms with Crippen LogP contribution in [-0.2, 0) is 6.42 Å². The van der Waals surface area contributed by atoms with Crippen molar-refractivity contribution in [2.75, 3.05) is 30.4 Å². The number of amides is 2. The smallest absolute Gasteiger partial charge is 0.319 e. The number of fused-ring (bicyclic) bond motifs is 1. The van der Waals surface area contributed by atoms with Gasteiger partial charge in [-0.2, -0.15) is 0 Å². The van der Waals surface area contributed by atoms with Crippen LogP contribution in [0, 0.1) is 0 Å². The molecule has 3 rings (SSSR count). The predicted molar refractivity (Wildman–Crippen MR) is 88.5 cm³/mol. The van der Waals surface area contributed by atoms with E-state index in [4.69, 9.17) is 0 Å². The van der Waals surface area contributed by atoms with Gasteiger partial charge in [-0.05, 0) is 49.4 Å². The molecular formula is C17H25N3O2. The number of anilines is 2. The lowest BCUT2D eigenvalue weighted by atomic mass is 9.99. The molecule has 1 aliphatic heterocycles. The summed E-state index contributed by atoms with van der Waals surface area (Å²) in [6.45, 7) is 1.09. The highest BCUT2D eigenvalue weighted by Gasteiger charge is 2.34. The molecule has 0 bridgehead atoms. The highest BCUT2D eigenvalue weighted by Crippen LogP contribution is 2.30. The first kappa shape index (κ1) is 15.2. The second-order valence-corrected chi connectivity index (χ2v) is 6.59. The van der Waals surface area contributed by atoms with E-state index < -0.39 is 5.54 Å². The van der Waals surface area contributed by atoms with Gasteiger partial charge in [-0.3, -0.25) is 0 Å². The lowest BCUT2D eigenvalue weighted by Crippen LogP contribution is -2.50. The Morgan fingerprint density at radius 2 is 2.09 bits per heavy atom. The SMILES string of the molecule is CN1CCCc2cc(NC(=O)NC3(CO)CCCC3)ccc21. The fourth-order valence-corrected chi connectivity index (χ4v) is 3.64. The van der Waals surface area contributed by atoms with Crippen molar-refractivity contribution in [3.63, 3.8) is 0 Å². The minimum atomic E-state index is -0.432. The Hall–Kier alpha value is -1.75. The van der Waals surface area contributed by atoms with Crippen LogP contribution in [0.5, 0.6) is 0 Å². The van der Waals surface area contributed by atoms with Gasteiger partial charge in [0.15, 0.2) is 0 Å². The molecule has 1 aliphatic carbocycles. The number of aliphatic hydroxyl groups is 1. The summed E-state index contributed by atoms with van der Waals surface area (Å²) in [6.07, 6.45) is 6.03. The molecule has 0 radical (unpaired) electrons. The Kier molecular flexibility index (Phi) is 4.25. The number of urea groups is 1. The van der Waals surface area contributed by atoms with Gasteiger partial charge in [0.1, 0.15) is 0 Å². The molecule has 1 fully saturated rings. The zero-order valence-electron chi connectivity index (χ0n) is 13.2. The van der Waals surface area contributed by atoms with Crippen molar-refractivity contribution in [3.8, 4) is 0 Å². The molecule has 2 aliphatic rings. The van der Waals surface area contributed by atoms with E-state index in [0.29, 0.717) is 0 Å². The Bertz CT molecular complexity index is 553. The zero-order valence-corrected chi connectivity index (χ0v) is 13.2. The third-order valence-electron chi connectivity index (χ3n) is 4.93. The second-order valence-electron chi connectivity index (χ2n) is 6.59. The fraction of sp³-hybridized carbons (Fsp3) is 0.588. The van der Waals surface area contributed by atoms with E-state index >= 15 is 0 Å². The standard InChI is InChI=1S/C17H25N3O2/c1-20-10-4-5-13-11-14(6-7-15(13)20)18-16(22)19-17(12-21)8-2-3-9-17/h6-7,11,21H,2-5,8-10,12H2,1H3,(H2,18,19,22). The molecule has 0 spiro atoms. The predicted octanol–water partition coefficient (Wildman–Crippen LogP) is 2.50. The van der Waals surface area contributed by atoms with Gasteiger partial charge in [-0.25, -0.2) is 4.79 Å². The summed E-state index contributed by atoms with van der Waals surface area (Å²) >= 11 is 0. The maximum absolute atomic E-state index is 12.2. The highest BCUT2D eigenvalue weighted by atomic mass is 16.3. The molecule has 0 atom stereocenters. The average Bonchev–Trinajstić information content (AvgIpc) is 2.96. The van der Waals surface area contributed by atoms with Crippen molar-refractivity contribution in [1.82, 2.24) is 5.32 Å². The van der Waals surface area contributed by atoms with Crippen LogP contribution in [0.4, 0.5) is 16.2 Å². The molecule has 5 heteroatoms. The molecule has 1 aromatic rings. The van der Waals surface area contributed by atoms with E-state index in [1.54, 1.807) is 0 Å². The van der Waals surface area contributed by atoms with Crippen molar-refractivity contribution in [2.24, 2.45) is 0 Å². The van der Waals surface area contributed by atoms with E-state index in [9.17, 15) is 9.90 Å². The van der Waals surface area contributed by atoms with Crippen LogP contribution >= 0.6 is 0 Å². The molecule has 120 valence electrons. The summed E-state index contributed by atoms with van der Waals surface area (Å²) in [5.41, 5.74) is 2.92. The number of rotatable bonds is 3. The van der Waals surface area contributed by atoms with Gasteiger partial charge in [0, 0.05) is 25.0 Å². The van der Waals surface area contributed by atoms with Crippen LogP contribution in [0.25, 0.3) is 0 Å². The Balaban J connectivity index is 1.67. The summed E-state index contributed by atoms with van der Waals surface area (Å²) < 4.78 is 0. The molecule has 5 nitrogen and oxygen atoms in total. The summed E-state index contributed by atoms with van der Waals surface area (Å²) in [6, 6.07) is 5.85. The van der Waals surface area contributed by atoms with E-state index in [1.165, 1.54) is 11.3 Å². The fourth-order valence-electron chi connectivity index (χ4n) is 3.64. The van der Waals surface area contributed by atoms with Gasteiger partial charge in [-0.15, -0.1) is 0 Å². The molecule has 1 aromatic carbocycles. The van der Waals surface area contributed by atoms with Crippen molar-refractivity contribution in [2.45, 2.75) is 44.1 Å². The molecule has 1 saturated carbocycles. The Morgan fingerprint density at radius 3 is 2.82 bits per heavy atom. The number of carbonyl (C=O) groups excluding carboxylic acids is 1. The van der Waals surface area contributed by atoms with Crippen LogP contribution in [0.15, 0.2) is 18.2 Å². The number of nitrogens with one attached hydrogen (secondary N) is 2. The quantitative estimate of drug-likeness (QED) is 0.804. The first-order chi connectivity index (χ1) is 10.6. The highest BCUT2D eigenvalue weighted by molar-refractivity contribution is 5.90. The van der Waals surface area contributed by atoms with Gasteiger partial charge >= 0.3 is 6.03 Å². The van der Waals surface area contributed by atoms with Crippen molar-refractivity contribution < 1.29 is 9.90 Å². The number of aliphatic hydroxyl groups excluding tert-OH is 1. The minimum Gasteiger partial charge on any atom is -0.394 e. The first-order valence-corrected chi connectivity index (χ1v) is 8.16. The maximum atomic E-state index is 12.2. The number of nitrogens with zero attached hydrogens (tertiary/aromatic N) is 1. The molecule has 0 unspecified atom stereocenters. The first-order valence-electron chi connectivity index (χ1n) is 8.16. The van der Waals surface area contributed by atoms with Crippen LogP contribution in [0.1, 0.15) is 37.7 Å². The number of benzene rings is 1. The van der Waals surface area contributed by atoms with E-state index in [-0.39, 0.29) is 12.6 Å². The van der Waals surface area contributed by atoms with Gasteiger partial charge in [0.25, 0.3) is 0 Å². The lowest BCUT2D eigenvalue weighted by molar-refractivity contribution is 0.167. The molecular weight excluding hydrogens is 278 g/mol. The molecule has 0 saturated heterocycles. The van der Waals surface area contributed by atoms with Gasteiger partial charge in [-0.1, -0.05) is 12.8 Å². The number of hydrogen-bond acceptors (Lipinski definition) is 3. The minimum absolute atomic E-state index is 0.00933. The van der Waals surface area contributed by atoms with E-state index in [0.717, 1.165) is 50.8 Å². The van der Waals surface area contributed by atoms with Crippen LogP contribution < -0.4 is 15.5 Å². The number of carbonyl (C=O) groups is 1. The molecule has 0 aromatic heterocycles. The van der Waals surface area contributed by atoms with E-state index in [2.05, 4.69) is 34.7 Å². The molecule has 3 N–H and O–H groups in total. The topological polar surface area (TPSA) is 64.6 Å². The van der Waals surface area contributed by atoms with Gasteiger partial charge in [0.2, 0.25) is 0 Å². The van der Waals surface area contributed by atoms with Gasteiger partial charge in [0.05, 0.1) is 12.1 Å². The average molecular weight is 303 g/mol. The lowest BCUT2D eigenvalue weighted by Gasteiger charge is -2.29. The summed E-state index contributed by atoms with van der Waals surface area (Å²) in [5.74, 6) is 0. The number of aryl methyl sites for hydroxylation is 1. The van der Waals surface area contributed by atoms with Crippen molar-refractivity contribution in [3.05, 3.63) is 23.8 Å². The summed E-state index contributed by atoms with van der Waals surface area (Å²) in [7, 11) is 2.10. The monoisotopic (exact) mass is 303 g/mol. The summed E-state index contributed by atoms with van der Waals surface area (Å²) in [5, 5.41) is 15.5. The molecule has 2 amide bonds. The Morgan fingerprint density at radius 1 is 1.32 bits per heavy atom. The largest absolute Gasteiger partial charge is 0.394 e. The third-order valence-corrected chi connectivity index (χ3v) is 4.93. The van der Waals surface area contributed by atoms with Crippen molar-refractivity contribution >= 4 is 17.4 Å². The normalized spacial score (nSPS) is 19.6. The maximum Gasteiger partial charge on any atom is 0.319 e. The molecule has 22 heavy (non-hydrogen) atoms. The van der Waals surface area contributed by atoms with E-state index in [1.807, 2.05) is 6.07 Å². The van der Waals surface area contributed by atoms with Crippen molar-refractivity contribution in [1.29, 1.82) is 0 Å². The van der Waals surface area contributed by atoms with Gasteiger partial charge < -0.3 is 20.6 Å². The Labute approximate surface area is 131 Å². The molecule has 1 heterocycles. The van der Waals surface area contributed by atoms with Crippen LogP contribution in [0.2, 0.25) is 0 Å².